The summed E-state index contributed by atoms with van der Waals surface area (Å²) in [5, 5.41) is 2.16. The minimum Gasteiger partial charge on any atom is -0.320 e. The molecule has 2 fully saturated rings. The van der Waals surface area contributed by atoms with Crippen LogP contribution in [0.5, 0.6) is 0 Å². The van der Waals surface area contributed by atoms with E-state index in [1.54, 1.807) is 0 Å². The molecule has 0 unspecified atom stereocenters. The first-order valence-corrected chi connectivity index (χ1v) is 9.17. The van der Waals surface area contributed by atoms with Crippen molar-refractivity contribution >= 4 is 11.3 Å². The van der Waals surface area contributed by atoms with Gasteiger partial charge in [0.05, 0.1) is 6.54 Å². The summed E-state index contributed by atoms with van der Waals surface area (Å²) in [7, 11) is 0. The van der Waals surface area contributed by atoms with E-state index in [1.807, 2.05) is 11.3 Å². The van der Waals surface area contributed by atoms with E-state index >= 15 is 0 Å². The molecule has 1 aromatic rings. The maximum absolute atomic E-state index is 5.48. The molecule has 114 valence electrons. The number of thiophene rings is 1. The van der Waals surface area contributed by atoms with Gasteiger partial charge in [0.2, 0.25) is 0 Å². The highest BCUT2D eigenvalue weighted by Crippen LogP contribution is 2.44. The van der Waals surface area contributed by atoms with Crippen LogP contribution in [0.2, 0.25) is 0 Å². The van der Waals surface area contributed by atoms with E-state index in [0.29, 0.717) is 12.0 Å². The SMILES string of the molecule is NCC#Cc1ccsc1CN1CCC2(CCCCC2)CC1. The lowest BCUT2D eigenvalue weighted by Gasteiger charge is -2.44. The Morgan fingerprint density at radius 2 is 1.90 bits per heavy atom. The van der Waals surface area contributed by atoms with Gasteiger partial charge in [-0.3, -0.25) is 4.90 Å². The first-order chi connectivity index (χ1) is 10.3. The lowest BCUT2D eigenvalue weighted by molar-refractivity contribution is 0.0646. The molecule has 0 atom stereocenters. The van der Waals surface area contributed by atoms with Crippen LogP contribution in [0.1, 0.15) is 55.4 Å². The summed E-state index contributed by atoms with van der Waals surface area (Å²) < 4.78 is 0. The Balaban J connectivity index is 1.57. The largest absolute Gasteiger partial charge is 0.320 e. The second-order valence-electron chi connectivity index (χ2n) is 6.60. The van der Waals surface area contributed by atoms with Crippen molar-refractivity contribution in [2.45, 2.75) is 51.5 Å². The quantitative estimate of drug-likeness (QED) is 0.846. The number of piperidine rings is 1. The molecule has 1 aliphatic heterocycles. The molecule has 2 nitrogen and oxygen atoms in total. The highest BCUT2D eigenvalue weighted by atomic mass is 32.1. The Morgan fingerprint density at radius 1 is 1.14 bits per heavy atom. The second kappa shape index (κ2) is 6.96. The summed E-state index contributed by atoms with van der Waals surface area (Å²) in [6.45, 7) is 4.05. The van der Waals surface area contributed by atoms with Crippen molar-refractivity contribution in [2.24, 2.45) is 11.1 Å². The third-order valence-corrected chi connectivity index (χ3v) is 6.17. The molecular formula is C18H26N2S. The first kappa shape index (κ1) is 15.1. The maximum atomic E-state index is 5.48. The van der Waals surface area contributed by atoms with Gasteiger partial charge in [0.25, 0.3) is 0 Å². The average molecular weight is 302 g/mol. The fraction of sp³-hybridized carbons (Fsp3) is 0.667. The summed E-state index contributed by atoms with van der Waals surface area (Å²) in [6, 6.07) is 2.13. The minimum atomic E-state index is 0.446. The molecule has 1 spiro atoms. The molecule has 1 aromatic heterocycles. The van der Waals surface area contributed by atoms with Gasteiger partial charge < -0.3 is 5.73 Å². The van der Waals surface area contributed by atoms with Crippen LogP contribution in [0.4, 0.5) is 0 Å². The topological polar surface area (TPSA) is 29.3 Å². The highest BCUT2D eigenvalue weighted by molar-refractivity contribution is 7.10. The van der Waals surface area contributed by atoms with E-state index in [9.17, 15) is 0 Å². The van der Waals surface area contributed by atoms with Gasteiger partial charge in [-0.15, -0.1) is 11.3 Å². The molecule has 0 amide bonds. The Morgan fingerprint density at radius 3 is 2.62 bits per heavy atom. The number of hydrogen-bond acceptors (Lipinski definition) is 3. The molecule has 2 N–H and O–H groups in total. The minimum absolute atomic E-state index is 0.446. The summed E-state index contributed by atoms with van der Waals surface area (Å²) >= 11 is 1.84. The smallest absolute Gasteiger partial charge is 0.0555 e. The van der Waals surface area contributed by atoms with Gasteiger partial charge >= 0.3 is 0 Å². The number of likely N-dealkylation sites (tertiary alicyclic amines) is 1. The second-order valence-corrected chi connectivity index (χ2v) is 7.60. The number of rotatable bonds is 2. The van der Waals surface area contributed by atoms with Gasteiger partial charge in [0.15, 0.2) is 0 Å². The van der Waals surface area contributed by atoms with Crippen molar-refractivity contribution in [3.05, 3.63) is 21.9 Å². The molecule has 21 heavy (non-hydrogen) atoms. The third kappa shape index (κ3) is 3.69. The Hall–Kier alpha value is -0.820. The molecule has 2 aliphatic rings. The van der Waals surface area contributed by atoms with Crippen LogP contribution < -0.4 is 5.73 Å². The van der Waals surface area contributed by atoms with Crippen LogP contribution in [-0.4, -0.2) is 24.5 Å². The molecule has 3 rings (SSSR count). The predicted molar refractivity (Wildman–Crippen MR) is 90.3 cm³/mol. The lowest BCUT2D eigenvalue weighted by Crippen LogP contribution is -2.40. The van der Waals surface area contributed by atoms with Crippen molar-refractivity contribution in [2.75, 3.05) is 19.6 Å². The average Bonchev–Trinajstić information content (AvgIpc) is 2.96. The molecule has 1 saturated heterocycles. The van der Waals surface area contributed by atoms with Gasteiger partial charge in [0.1, 0.15) is 0 Å². The molecule has 0 bridgehead atoms. The van der Waals surface area contributed by atoms with Gasteiger partial charge in [-0.05, 0) is 55.6 Å². The molecule has 0 aromatic carbocycles. The van der Waals surface area contributed by atoms with Gasteiger partial charge in [-0.2, -0.15) is 0 Å². The molecule has 1 saturated carbocycles. The lowest BCUT2D eigenvalue weighted by atomic mass is 9.68. The van der Waals surface area contributed by atoms with Crippen LogP contribution in [0.15, 0.2) is 11.4 Å². The zero-order chi connectivity index (χ0) is 14.5. The van der Waals surface area contributed by atoms with Crippen LogP contribution in [-0.2, 0) is 6.54 Å². The van der Waals surface area contributed by atoms with Crippen molar-refractivity contribution in [3.8, 4) is 11.8 Å². The maximum Gasteiger partial charge on any atom is 0.0555 e. The Bertz CT molecular complexity index is 507. The summed E-state index contributed by atoms with van der Waals surface area (Å²) in [4.78, 5) is 4.04. The van der Waals surface area contributed by atoms with Gasteiger partial charge in [0, 0.05) is 17.0 Å². The van der Waals surface area contributed by atoms with Crippen LogP contribution in [0.25, 0.3) is 0 Å². The van der Waals surface area contributed by atoms with E-state index in [1.165, 1.54) is 68.5 Å². The highest BCUT2D eigenvalue weighted by Gasteiger charge is 2.35. The fourth-order valence-corrected chi connectivity index (χ4v) is 4.78. The monoisotopic (exact) mass is 302 g/mol. The Labute approximate surface area is 132 Å². The Kier molecular flexibility index (Phi) is 5.00. The van der Waals surface area contributed by atoms with Crippen molar-refractivity contribution in [3.63, 3.8) is 0 Å². The van der Waals surface area contributed by atoms with Crippen molar-refractivity contribution < 1.29 is 0 Å². The number of nitrogens with zero attached hydrogens (tertiary/aromatic N) is 1. The van der Waals surface area contributed by atoms with Crippen molar-refractivity contribution in [1.29, 1.82) is 0 Å². The van der Waals surface area contributed by atoms with E-state index in [4.69, 9.17) is 5.73 Å². The molecule has 0 radical (unpaired) electrons. The van der Waals surface area contributed by atoms with Crippen LogP contribution in [0, 0.1) is 17.3 Å². The van der Waals surface area contributed by atoms with E-state index in [-0.39, 0.29) is 0 Å². The summed E-state index contributed by atoms with van der Waals surface area (Å²) in [5.74, 6) is 6.19. The molecule has 3 heteroatoms. The number of hydrogen-bond donors (Lipinski definition) is 1. The first-order valence-electron chi connectivity index (χ1n) is 8.29. The predicted octanol–water partition coefficient (Wildman–Crippen LogP) is 3.60. The van der Waals surface area contributed by atoms with Gasteiger partial charge in [-0.25, -0.2) is 0 Å². The zero-order valence-corrected chi connectivity index (χ0v) is 13.7. The molecule has 2 heterocycles. The number of nitrogens with two attached hydrogens (primary N) is 1. The molecule has 1 aliphatic carbocycles. The zero-order valence-electron chi connectivity index (χ0n) is 12.9. The van der Waals surface area contributed by atoms with E-state index in [2.05, 4.69) is 28.2 Å². The normalized spacial score (nSPS) is 22.0. The standard InChI is InChI=1S/C18H26N2S/c19-11-4-5-16-6-14-21-17(16)15-20-12-9-18(10-13-20)7-2-1-3-8-18/h6,14H,1-3,7-13,15,19H2. The van der Waals surface area contributed by atoms with E-state index < -0.39 is 0 Å². The van der Waals surface area contributed by atoms with Crippen LogP contribution in [0.3, 0.4) is 0 Å². The van der Waals surface area contributed by atoms with Crippen LogP contribution >= 0.6 is 11.3 Å². The van der Waals surface area contributed by atoms with Crippen molar-refractivity contribution in [1.82, 2.24) is 4.90 Å². The summed E-state index contributed by atoms with van der Waals surface area (Å²) in [5.41, 5.74) is 7.36. The molecular weight excluding hydrogens is 276 g/mol. The summed E-state index contributed by atoms with van der Waals surface area (Å²) in [6.07, 6.45) is 10.2. The van der Waals surface area contributed by atoms with E-state index in [0.717, 1.165) is 6.54 Å². The van der Waals surface area contributed by atoms with Gasteiger partial charge in [-0.1, -0.05) is 31.1 Å². The fourth-order valence-electron chi connectivity index (χ4n) is 3.91. The third-order valence-electron chi connectivity index (χ3n) is 5.27.